The van der Waals surface area contributed by atoms with Gasteiger partial charge in [-0.3, -0.25) is 14.6 Å². The van der Waals surface area contributed by atoms with Crippen LogP contribution in [-0.2, 0) is 32.2 Å². The summed E-state index contributed by atoms with van der Waals surface area (Å²) >= 11 is 0. The predicted molar refractivity (Wildman–Crippen MR) is 131 cm³/mol. The van der Waals surface area contributed by atoms with Gasteiger partial charge in [0.1, 0.15) is 29.3 Å². The molecule has 1 aliphatic carbocycles. The van der Waals surface area contributed by atoms with Crippen LogP contribution in [0.15, 0.2) is 30.9 Å². The molecule has 0 aromatic heterocycles. The van der Waals surface area contributed by atoms with E-state index in [1.165, 1.54) is 17.9 Å². The SMILES string of the molecule is C=C[C@@H]1C[C@]1(N)C(C)=O.CC(C)(C)OC(=O)N1C[C@H](OC(=O)N2Cc3cccc(F)c3C2)C[C@H]1C(=O)O. The molecule has 3 aliphatic rings. The van der Waals surface area contributed by atoms with Crippen molar-refractivity contribution in [3.63, 3.8) is 0 Å². The zero-order valence-electron chi connectivity index (χ0n) is 21.5. The third-order valence-corrected chi connectivity index (χ3v) is 6.63. The average Bonchev–Trinajstić information content (AvgIpc) is 3.12. The van der Waals surface area contributed by atoms with Crippen molar-refractivity contribution in [2.45, 2.75) is 76.9 Å². The normalized spacial score (nSPS) is 25.9. The van der Waals surface area contributed by atoms with Gasteiger partial charge in [0.05, 0.1) is 18.6 Å². The molecular weight excluding hydrogens is 485 g/mol. The zero-order chi connectivity index (χ0) is 27.7. The molecule has 0 spiro atoms. The number of nitrogens with zero attached hydrogens (tertiary/aromatic N) is 2. The summed E-state index contributed by atoms with van der Waals surface area (Å²) < 4.78 is 24.5. The number of aliphatic carboxylic acids is 1. The Morgan fingerprint density at radius 2 is 1.89 bits per heavy atom. The molecule has 2 fully saturated rings. The van der Waals surface area contributed by atoms with Crippen LogP contribution in [0.4, 0.5) is 14.0 Å². The number of fused-ring (bicyclic) bond motifs is 1. The molecule has 0 bridgehead atoms. The van der Waals surface area contributed by atoms with Crippen molar-refractivity contribution >= 4 is 23.9 Å². The number of ether oxygens (including phenoxy) is 2. The van der Waals surface area contributed by atoms with E-state index in [9.17, 15) is 28.7 Å². The number of amides is 2. The molecule has 3 N–H and O–H groups in total. The van der Waals surface area contributed by atoms with Crippen molar-refractivity contribution in [2.75, 3.05) is 6.54 Å². The molecule has 37 heavy (non-hydrogen) atoms. The van der Waals surface area contributed by atoms with Gasteiger partial charge in [-0.05, 0) is 45.7 Å². The van der Waals surface area contributed by atoms with Crippen LogP contribution in [0.1, 0.15) is 51.7 Å². The minimum absolute atomic E-state index is 0.0323. The van der Waals surface area contributed by atoms with Crippen molar-refractivity contribution in [1.82, 2.24) is 9.80 Å². The fourth-order valence-electron chi connectivity index (χ4n) is 4.37. The molecule has 2 heterocycles. The molecule has 1 saturated carbocycles. The first-order chi connectivity index (χ1) is 17.2. The lowest BCUT2D eigenvalue weighted by atomic mass is 10.1. The van der Waals surface area contributed by atoms with E-state index in [0.29, 0.717) is 11.1 Å². The second-order valence-electron chi connectivity index (χ2n) is 10.6. The molecule has 1 aromatic carbocycles. The standard InChI is InChI=1S/C19H23FN2O6.C7H11NO/c1-19(2,3)28-18(26)22-9-12(7-15(22)16(23)24)27-17(25)21-8-11-5-4-6-14(20)13(11)10-21;1-3-6-4-7(6,8)5(2)9/h4-6,12,15H,7-10H2,1-3H3,(H,23,24);3,6H,1,4,8H2,2H3/t12-,15+;6-,7+/m11/s1. The molecule has 4 rings (SSSR count). The molecule has 1 saturated heterocycles. The number of benzene rings is 1. The molecule has 1 aromatic rings. The van der Waals surface area contributed by atoms with Gasteiger partial charge in [0, 0.05) is 24.4 Å². The van der Waals surface area contributed by atoms with E-state index >= 15 is 0 Å². The molecular formula is C26H34FN3O7. The molecule has 202 valence electrons. The Morgan fingerprint density at radius 3 is 2.38 bits per heavy atom. The van der Waals surface area contributed by atoms with Crippen LogP contribution in [0.2, 0.25) is 0 Å². The number of ketones is 1. The quantitative estimate of drug-likeness (QED) is 0.578. The summed E-state index contributed by atoms with van der Waals surface area (Å²) in [5.41, 5.74) is 5.47. The predicted octanol–water partition coefficient (Wildman–Crippen LogP) is 3.22. The summed E-state index contributed by atoms with van der Waals surface area (Å²) in [6.45, 7) is 10.4. The molecule has 0 unspecified atom stereocenters. The highest BCUT2D eigenvalue weighted by atomic mass is 19.1. The van der Waals surface area contributed by atoms with Gasteiger partial charge in [0.2, 0.25) is 0 Å². The van der Waals surface area contributed by atoms with Crippen molar-refractivity contribution < 1.29 is 38.1 Å². The number of carbonyl (C=O) groups excluding carboxylic acids is 3. The van der Waals surface area contributed by atoms with E-state index in [2.05, 4.69) is 6.58 Å². The van der Waals surface area contributed by atoms with Gasteiger partial charge in [-0.15, -0.1) is 6.58 Å². The number of halogens is 1. The van der Waals surface area contributed by atoms with Crippen molar-refractivity contribution in [3.05, 3.63) is 47.8 Å². The summed E-state index contributed by atoms with van der Waals surface area (Å²) in [4.78, 5) is 49.4. The second kappa shape index (κ2) is 10.5. The first-order valence-corrected chi connectivity index (χ1v) is 12.0. The summed E-state index contributed by atoms with van der Waals surface area (Å²) in [6.07, 6.45) is 0.280. The fraction of sp³-hybridized carbons (Fsp3) is 0.538. The Balaban J connectivity index is 0.000000356. The van der Waals surface area contributed by atoms with Crippen LogP contribution in [0.25, 0.3) is 0 Å². The van der Waals surface area contributed by atoms with Crippen molar-refractivity contribution in [1.29, 1.82) is 0 Å². The first kappa shape index (κ1) is 28.1. The maximum Gasteiger partial charge on any atom is 0.411 e. The highest BCUT2D eigenvalue weighted by Gasteiger charge is 2.52. The van der Waals surface area contributed by atoms with E-state index < -0.39 is 41.4 Å². The van der Waals surface area contributed by atoms with Gasteiger partial charge in [-0.1, -0.05) is 18.2 Å². The van der Waals surface area contributed by atoms with E-state index in [0.717, 1.165) is 11.3 Å². The summed E-state index contributed by atoms with van der Waals surface area (Å²) in [6, 6.07) is 3.52. The number of likely N-dealkylation sites (tertiary alicyclic amines) is 1. The Morgan fingerprint density at radius 1 is 1.22 bits per heavy atom. The number of carbonyl (C=O) groups is 4. The molecule has 0 radical (unpaired) electrons. The van der Waals surface area contributed by atoms with E-state index in [4.69, 9.17) is 15.2 Å². The lowest BCUT2D eigenvalue weighted by Gasteiger charge is -2.26. The van der Waals surface area contributed by atoms with Crippen LogP contribution in [-0.4, -0.2) is 68.7 Å². The van der Waals surface area contributed by atoms with Gasteiger partial charge in [0.25, 0.3) is 0 Å². The van der Waals surface area contributed by atoms with Gasteiger partial charge >= 0.3 is 18.2 Å². The highest BCUT2D eigenvalue weighted by Crippen LogP contribution is 2.42. The van der Waals surface area contributed by atoms with E-state index in [1.54, 1.807) is 39.0 Å². The number of hydrogen-bond acceptors (Lipinski definition) is 7. The summed E-state index contributed by atoms with van der Waals surface area (Å²) in [5.74, 6) is -1.27. The number of carboxylic acids is 1. The summed E-state index contributed by atoms with van der Waals surface area (Å²) in [5, 5.41) is 9.40. The van der Waals surface area contributed by atoms with E-state index in [-0.39, 0.29) is 43.6 Å². The van der Waals surface area contributed by atoms with Crippen LogP contribution < -0.4 is 5.73 Å². The second-order valence-corrected chi connectivity index (χ2v) is 10.6. The Bertz CT molecular complexity index is 1100. The molecule has 2 aliphatic heterocycles. The monoisotopic (exact) mass is 519 g/mol. The molecule has 10 nitrogen and oxygen atoms in total. The Hall–Kier alpha value is -3.47. The van der Waals surface area contributed by atoms with Gasteiger partial charge in [-0.2, -0.15) is 0 Å². The molecule has 11 heteroatoms. The van der Waals surface area contributed by atoms with Crippen LogP contribution in [0.3, 0.4) is 0 Å². The van der Waals surface area contributed by atoms with Crippen LogP contribution in [0, 0.1) is 11.7 Å². The fourth-order valence-corrected chi connectivity index (χ4v) is 4.37. The first-order valence-electron chi connectivity index (χ1n) is 12.0. The number of hydrogen-bond donors (Lipinski definition) is 2. The maximum absolute atomic E-state index is 13.8. The van der Waals surface area contributed by atoms with Crippen molar-refractivity contribution in [3.8, 4) is 0 Å². The third-order valence-electron chi connectivity index (χ3n) is 6.63. The number of carboxylic acid groups (broad SMARTS) is 1. The highest BCUT2D eigenvalue weighted by molar-refractivity contribution is 5.90. The Labute approximate surface area is 215 Å². The lowest BCUT2D eigenvalue weighted by Crippen LogP contribution is -2.43. The third kappa shape index (κ3) is 6.46. The van der Waals surface area contributed by atoms with E-state index in [1.807, 2.05) is 0 Å². The number of Topliss-reactive ketones (excluding diaryl/α,β-unsaturated/α-hetero) is 1. The lowest BCUT2D eigenvalue weighted by molar-refractivity contribution is -0.142. The van der Waals surface area contributed by atoms with Gasteiger partial charge in [0.15, 0.2) is 0 Å². The minimum Gasteiger partial charge on any atom is -0.480 e. The Kier molecular flexibility index (Phi) is 7.97. The minimum atomic E-state index is -1.19. The largest absolute Gasteiger partial charge is 0.480 e. The smallest absolute Gasteiger partial charge is 0.411 e. The average molecular weight is 520 g/mol. The maximum atomic E-state index is 13.8. The molecule has 2 amide bonds. The number of nitrogens with two attached hydrogens (primary N) is 1. The van der Waals surface area contributed by atoms with Crippen LogP contribution >= 0.6 is 0 Å². The van der Waals surface area contributed by atoms with Crippen molar-refractivity contribution in [2.24, 2.45) is 11.7 Å². The number of rotatable bonds is 4. The summed E-state index contributed by atoms with van der Waals surface area (Å²) in [7, 11) is 0. The van der Waals surface area contributed by atoms with Gasteiger partial charge < -0.3 is 20.3 Å². The van der Waals surface area contributed by atoms with Gasteiger partial charge in [-0.25, -0.2) is 18.8 Å². The zero-order valence-corrected chi connectivity index (χ0v) is 21.5. The molecule has 4 atom stereocenters. The van der Waals surface area contributed by atoms with Crippen LogP contribution in [0.5, 0.6) is 0 Å². The topological polar surface area (TPSA) is 139 Å².